The molecule has 0 unspecified atom stereocenters. The minimum absolute atomic E-state index is 0.257. The number of rotatable bonds is 5. The van der Waals surface area contributed by atoms with Crippen LogP contribution in [0.25, 0.3) is 0 Å². The zero-order valence-electron chi connectivity index (χ0n) is 27.2. The van der Waals surface area contributed by atoms with E-state index in [0.29, 0.717) is 6.42 Å². The molecule has 6 heteroatoms. The van der Waals surface area contributed by atoms with Crippen molar-refractivity contribution in [2.75, 3.05) is 0 Å². The van der Waals surface area contributed by atoms with Gasteiger partial charge in [-0.05, 0) is 82.6 Å². The maximum atomic E-state index is 13.0. The van der Waals surface area contributed by atoms with Crippen LogP contribution in [0.2, 0.25) is 0 Å². The van der Waals surface area contributed by atoms with Crippen LogP contribution < -0.4 is 0 Å². The molecule has 2 fully saturated rings. The first kappa shape index (κ1) is 34.6. The second-order valence-corrected chi connectivity index (χ2v) is 13.4. The van der Waals surface area contributed by atoms with E-state index in [1.165, 1.54) is 59.3 Å². The van der Waals surface area contributed by atoms with Crippen LogP contribution in [0.4, 0.5) is 0 Å². The second-order valence-electron chi connectivity index (χ2n) is 13.4. The Hall–Kier alpha value is -1.85. The summed E-state index contributed by atoms with van der Waals surface area (Å²) in [7, 11) is 0. The summed E-state index contributed by atoms with van der Waals surface area (Å²) in [6.07, 6.45) is 24.9. The summed E-state index contributed by atoms with van der Waals surface area (Å²) in [6.45, 7) is 4.55. The van der Waals surface area contributed by atoms with E-state index in [1.54, 1.807) is 0 Å². The van der Waals surface area contributed by atoms with E-state index in [0.717, 1.165) is 127 Å². The van der Waals surface area contributed by atoms with Crippen molar-refractivity contribution in [2.45, 2.75) is 199 Å². The monoisotopic (exact) mass is 588 g/mol. The lowest BCUT2D eigenvalue weighted by Crippen LogP contribution is -2.48. The standard InChI is InChI=1S/C36H60O6/c1-29(37)40-33-24-18-12-10-11-17-23-32(35(41-30(2)38)25-19-13-6-4-7-14-20-26-35)34(33)36(42-31(3)39)27-21-15-8-5-9-16-22-28-36/h33H,4-28H2,1-3H3/t33-/m0/s1. The predicted octanol–water partition coefficient (Wildman–Crippen LogP) is 9.61. The van der Waals surface area contributed by atoms with Crippen LogP contribution in [0.3, 0.4) is 0 Å². The smallest absolute Gasteiger partial charge is 0.303 e. The zero-order chi connectivity index (χ0) is 30.3. The molecule has 3 aliphatic rings. The Kier molecular flexibility index (Phi) is 14.9. The van der Waals surface area contributed by atoms with Gasteiger partial charge in [-0.25, -0.2) is 0 Å². The fraction of sp³-hybridized carbons (Fsp3) is 0.861. The van der Waals surface area contributed by atoms with Crippen molar-refractivity contribution in [3.8, 4) is 0 Å². The average Bonchev–Trinajstić information content (AvgIpc) is 2.93. The molecule has 0 bridgehead atoms. The maximum absolute atomic E-state index is 13.0. The second kappa shape index (κ2) is 18.1. The predicted molar refractivity (Wildman–Crippen MR) is 167 cm³/mol. The SMILES string of the molecule is CC(=O)O[C@H]1CCCCCCCC(C2(OC(C)=O)CCCCCCCCC2)=C1C1(OC(C)=O)CCCCCCCCC1. The Morgan fingerprint density at radius 1 is 0.500 bits per heavy atom. The van der Waals surface area contributed by atoms with Crippen molar-refractivity contribution in [2.24, 2.45) is 0 Å². The average molecular weight is 589 g/mol. The van der Waals surface area contributed by atoms with Gasteiger partial charge in [-0.15, -0.1) is 0 Å². The number of carbonyl (C=O) groups is 3. The van der Waals surface area contributed by atoms with Crippen LogP contribution in [0.5, 0.6) is 0 Å². The Labute approximate surface area is 256 Å². The Morgan fingerprint density at radius 3 is 1.33 bits per heavy atom. The summed E-state index contributed by atoms with van der Waals surface area (Å²) in [5.41, 5.74) is 0.470. The van der Waals surface area contributed by atoms with Crippen molar-refractivity contribution in [1.82, 2.24) is 0 Å². The van der Waals surface area contributed by atoms with Crippen molar-refractivity contribution >= 4 is 17.9 Å². The van der Waals surface area contributed by atoms with Crippen LogP contribution in [0.1, 0.15) is 181 Å². The molecule has 0 aromatic carbocycles. The first-order chi connectivity index (χ1) is 20.3. The highest BCUT2D eigenvalue weighted by Crippen LogP contribution is 2.48. The molecule has 0 aromatic rings. The van der Waals surface area contributed by atoms with E-state index in [-0.39, 0.29) is 17.9 Å². The first-order valence-electron chi connectivity index (χ1n) is 17.6. The van der Waals surface area contributed by atoms with Crippen LogP contribution in [0.15, 0.2) is 11.1 Å². The molecule has 42 heavy (non-hydrogen) atoms. The maximum Gasteiger partial charge on any atom is 0.303 e. The lowest BCUT2D eigenvalue weighted by Gasteiger charge is -2.46. The summed E-state index contributed by atoms with van der Waals surface area (Å²) in [4.78, 5) is 38.7. The van der Waals surface area contributed by atoms with Crippen molar-refractivity contribution in [3.63, 3.8) is 0 Å². The minimum atomic E-state index is -0.861. The van der Waals surface area contributed by atoms with Crippen molar-refractivity contribution < 1.29 is 28.6 Å². The normalized spacial score (nSPS) is 25.4. The van der Waals surface area contributed by atoms with Gasteiger partial charge in [-0.1, -0.05) is 83.5 Å². The molecule has 3 aliphatic carbocycles. The van der Waals surface area contributed by atoms with Gasteiger partial charge in [0.25, 0.3) is 0 Å². The molecule has 0 heterocycles. The molecule has 240 valence electrons. The van der Waals surface area contributed by atoms with Gasteiger partial charge >= 0.3 is 17.9 Å². The molecule has 0 aromatic heterocycles. The summed E-state index contributed by atoms with van der Waals surface area (Å²) in [6, 6.07) is 0. The van der Waals surface area contributed by atoms with Gasteiger partial charge in [0, 0.05) is 26.3 Å². The highest BCUT2D eigenvalue weighted by molar-refractivity contribution is 5.69. The fourth-order valence-corrected chi connectivity index (χ4v) is 8.10. The lowest BCUT2D eigenvalue weighted by atomic mass is 9.69. The van der Waals surface area contributed by atoms with Crippen LogP contribution >= 0.6 is 0 Å². The largest absolute Gasteiger partial charge is 0.458 e. The van der Waals surface area contributed by atoms with Gasteiger partial charge in [-0.3, -0.25) is 14.4 Å². The molecule has 2 saturated carbocycles. The summed E-state index contributed by atoms with van der Waals surface area (Å²) in [5, 5.41) is 0. The van der Waals surface area contributed by atoms with Crippen LogP contribution in [-0.4, -0.2) is 35.2 Å². The third kappa shape index (κ3) is 10.7. The molecular weight excluding hydrogens is 528 g/mol. The molecule has 0 amide bonds. The third-order valence-corrected chi connectivity index (χ3v) is 9.89. The first-order valence-corrected chi connectivity index (χ1v) is 17.6. The molecule has 0 radical (unpaired) electrons. The zero-order valence-corrected chi connectivity index (χ0v) is 27.2. The molecule has 6 nitrogen and oxygen atoms in total. The summed E-state index contributed by atoms with van der Waals surface area (Å²) in [5.74, 6) is -0.850. The van der Waals surface area contributed by atoms with Crippen molar-refractivity contribution in [1.29, 1.82) is 0 Å². The van der Waals surface area contributed by atoms with E-state index in [1.807, 2.05) is 0 Å². The van der Waals surface area contributed by atoms with E-state index in [2.05, 4.69) is 0 Å². The van der Waals surface area contributed by atoms with E-state index in [9.17, 15) is 14.4 Å². The van der Waals surface area contributed by atoms with E-state index in [4.69, 9.17) is 14.2 Å². The van der Waals surface area contributed by atoms with E-state index < -0.39 is 17.3 Å². The lowest BCUT2D eigenvalue weighted by molar-refractivity contribution is -0.162. The molecular formula is C36H60O6. The summed E-state index contributed by atoms with van der Waals surface area (Å²) < 4.78 is 19.4. The topological polar surface area (TPSA) is 78.9 Å². The Morgan fingerprint density at radius 2 is 0.881 bits per heavy atom. The fourth-order valence-electron chi connectivity index (χ4n) is 8.10. The third-order valence-electron chi connectivity index (χ3n) is 9.89. The molecule has 0 aliphatic heterocycles. The van der Waals surface area contributed by atoms with Gasteiger partial charge in [0.1, 0.15) is 17.3 Å². The van der Waals surface area contributed by atoms with Gasteiger partial charge in [0.2, 0.25) is 0 Å². The number of esters is 3. The van der Waals surface area contributed by atoms with Gasteiger partial charge < -0.3 is 14.2 Å². The highest BCUT2D eigenvalue weighted by Gasteiger charge is 2.49. The number of ether oxygens (including phenoxy) is 3. The Balaban J connectivity index is 2.35. The van der Waals surface area contributed by atoms with Crippen LogP contribution in [-0.2, 0) is 28.6 Å². The Bertz CT molecular complexity index is 869. The van der Waals surface area contributed by atoms with Gasteiger partial charge in [0.15, 0.2) is 0 Å². The van der Waals surface area contributed by atoms with Crippen LogP contribution in [0, 0.1) is 0 Å². The number of hydrogen-bond acceptors (Lipinski definition) is 6. The molecule has 0 N–H and O–H groups in total. The van der Waals surface area contributed by atoms with Gasteiger partial charge in [0.05, 0.1) is 0 Å². The number of carbonyl (C=O) groups excluding carboxylic acids is 3. The molecule has 3 rings (SSSR count). The molecule has 0 saturated heterocycles. The minimum Gasteiger partial charge on any atom is -0.458 e. The van der Waals surface area contributed by atoms with Gasteiger partial charge in [-0.2, -0.15) is 0 Å². The quantitative estimate of drug-likeness (QED) is 0.181. The van der Waals surface area contributed by atoms with Crippen molar-refractivity contribution in [3.05, 3.63) is 11.1 Å². The van der Waals surface area contributed by atoms with E-state index >= 15 is 0 Å². The molecule has 0 spiro atoms. The summed E-state index contributed by atoms with van der Waals surface area (Å²) >= 11 is 0. The molecule has 1 atom stereocenters. The highest BCUT2D eigenvalue weighted by atomic mass is 16.6. The number of hydrogen-bond donors (Lipinski definition) is 0.